The number of carbonyl (C=O) groups excluding carboxylic acids is 1. The van der Waals surface area contributed by atoms with Crippen LogP contribution in [0.1, 0.15) is 30.9 Å². The van der Waals surface area contributed by atoms with E-state index in [9.17, 15) is 4.79 Å². The fraction of sp³-hybridized carbons (Fsp3) is 0.263. The Bertz CT molecular complexity index is 761. The minimum absolute atomic E-state index is 0.0883. The molecule has 132 valence electrons. The van der Waals surface area contributed by atoms with Gasteiger partial charge in [-0.2, -0.15) is 0 Å². The molecule has 2 rings (SSSR count). The van der Waals surface area contributed by atoms with Gasteiger partial charge < -0.3 is 10.1 Å². The molecule has 2 aromatic carbocycles. The smallest absolute Gasteiger partial charge is 0.264 e. The van der Waals surface area contributed by atoms with Crippen LogP contribution in [0.25, 0.3) is 0 Å². The number of thiocarbonyl (C=S) groups is 1. The Balaban J connectivity index is 1.83. The number of nitrogens with one attached hydrogen (secondary N) is 2. The van der Waals surface area contributed by atoms with E-state index in [2.05, 4.69) is 47.1 Å². The molecular weight excluding hydrogens is 447 g/mol. The van der Waals surface area contributed by atoms with Gasteiger partial charge in [-0.1, -0.05) is 19.9 Å². The van der Waals surface area contributed by atoms with Crippen molar-refractivity contribution < 1.29 is 9.53 Å². The lowest BCUT2D eigenvalue weighted by molar-refractivity contribution is -0.121. The maximum Gasteiger partial charge on any atom is 0.264 e. The topological polar surface area (TPSA) is 50.4 Å². The molecule has 0 unspecified atom stereocenters. The maximum atomic E-state index is 12.0. The van der Waals surface area contributed by atoms with Crippen LogP contribution in [0.5, 0.6) is 5.75 Å². The number of anilines is 1. The minimum Gasteiger partial charge on any atom is -0.484 e. The summed E-state index contributed by atoms with van der Waals surface area (Å²) in [6.45, 7) is 6.26. The SMILES string of the molecule is Cc1cc(OCC(=O)NC(=S)Nc2ccc(I)cc2)ccc1C(C)C. The van der Waals surface area contributed by atoms with Crippen molar-refractivity contribution in [2.45, 2.75) is 26.7 Å². The highest BCUT2D eigenvalue weighted by molar-refractivity contribution is 14.1. The van der Waals surface area contributed by atoms with Gasteiger partial charge in [0.15, 0.2) is 11.7 Å². The van der Waals surface area contributed by atoms with Crippen molar-refractivity contribution >= 4 is 51.5 Å². The van der Waals surface area contributed by atoms with E-state index >= 15 is 0 Å². The van der Waals surface area contributed by atoms with Crippen molar-refractivity contribution in [3.05, 3.63) is 57.2 Å². The number of ether oxygens (including phenoxy) is 1. The minimum atomic E-state index is -0.298. The molecule has 0 aromatic heterocycles. The van der Waals surface area contributed by atoms with Crippen LogP contribution in [0.2, 0.25) is 0 Å². The molecule has 25 heavy (non-hydrogen) atoms. The van der Waals surface area contributed by atoms with Gasteiger partial charge in [0.2, 0.25) is 0 Å². The van der Waals surface area contributed by atoms with Crippen LogP contribution in [0, 0.1) is 10.5 Å². The van der Waals surface area contributed by atoms with Gasteiger partial charge in [0, 0.05) is 9.26 Å². The molecule has 0 aliphatic rings. The van der Waals surface area contributed by atoms with Crippen LogP contribution in [0.15, 0.2) is 42.5 Å². The fourth-order valence-electron chi connectivity index (χ4n) is 2.39. The second-order valence-electron chi connectivity index (χ2n) is 5.97. The summed E-state index contributed by atoms with van der Waals surface area (Å²) in [5.41, 5.74) is 3.26. The zero-order valence-corrected chi connectivity index (χ0v) is 17.4. The zero-order chi connectivity index (χ0) is 18.4. The maximum absolute atomic E-state index is 12.0. The molecule has 0 bridgehead atoms. The molecule has 0 spiro atoms. The number of benzene rings is 2. The van der Waals surface area contributed by atoms with Gasteiger partial charge in [-0.05, 0) is 95.2 Å². The van der Waals surface area contributed by atoms with Crippen LogP contribution >= 0.6 is 34.8 Å². The molecule has 0 saturated heterocycles. The van der Waals surface area contributed by atoms with Gasteiger partial charge in [0.25, 0.3) is 5.91 Å². The standard InChI is InChI=1S/C19H21IN2O2S/c1-12(2)17-9-8-16(10-13(17)3)24-11-18(23)22-19(25)21-15-6-4-14(20)5-7-15/h4-10,12H,11H2,1-3H3,(H2,21,22,23,25). The predicted molar refractivity (Wildman–Crippen MR) is 114 cm³/mol. The average molecular weight is 468 g/mol. The summed E-state index contributed by atoms with van der Waals surface area (Å²) >= 11 is 7.37. The van der Waals surface area contributed by atoms with Crippen LogP contribution < -0.4 is 15.4 Å². The van der Waals surface area contributed by atoms with E-state index in [-0.39, 0.29) is 17.6 Å². The van der Waals surface area contributed by atoms with E-state index in [1.165, 1.54) is 5.56 Å². The van der Waals surface area contributed by atoms with Crippen LogP contribution in [0.4, 0.5) is 5.69 Å². The van der Waals surface area contributed by atoms with E-state index in [1.807, 2.05) is 49.4 Å². The first-order valence-corrected chi connectivity index (χ1v) is 9.43. The first kappa shape index (κ1) is 19.7. The molecule has 0 atom stereocenters. The Labute approximate surface area is 167 Å². The van der Waals surface area contributed by atoms with Gasteiger partial charge in [-0.15, -0.1) is 0 Å². The van der Waals surface area contributed by atoms with E-state index in [0.29, 0.717) is 11.7 Å². The summed E-state index contributed by atoms with van der Waals surface area (Å²) in [6, 6.07) is 13.6. The molecule has 0 radical (unpaired) electrons. The third-order valence-corrected chi connectivity index (χ3v) is 4.51. The van der Waals surface area contributed by atoms with Crippen molar-refractivity contribution in [3.8, 4) is 5.75 Å². The van der Waals surface area contributed by atoms with Crippen molar-refractivity contribution in [2.75, 3.05) is 11.9 Å². The molecule has 1 amide bonds. The Morgan fingerprint density at radius 2 is 1.88 bits per heavy atom. The number of halogens is 1. The molecule has 0 fully saturated rings. The Kier molecular flexibility index (Phi) is 7.19. The number of hydrogen-bond acceptors (Lipinski definition) is 3. The van der Waals surface area contributed by atoms with Crippen molar-refractivity contribution in [2.24, 2.45) is 0 Å². The van der Waals surface area contributed by atoms with E-state index in [0.717, 1.165) is 14.8 Å². The molecule has 2 N–H and O–H groups in total. The Morgan fingerprint density at radius 1 is 1.20 bits per heavy atom. The highest BCUT2D eigenvalue weighted by Crippen LogP contribution is 2.23. The summed E-state index contributed by atoms with van der Waals surface area (Å²) < 4.78 is 6.68. The first-order chi connectivity index (χ1) is 11.8. The number of hydrogen-bond donors (Lipinski definition) is 2. The van der Waals surface area contributed by atoms with Crippen molar-refractivity contribution in [1.29, 1.82) is 0 Å². The van der Waals surface area contributed by atoms with Crippen molar-refractivity contribution in [1.82, 2.24) is 5.32 Å². The summed E-state index contributed by atoms with van der Waals surface area (Å²) in [7, 11) is 0. The quantitative estimate of drug-likeness (QED) is 0.497. The first-order valence-electron chi connectivity index (χ1n) is 7.95. The van der Waals surface area contributed by atoms with Gasteiger partial charge in [0.05, 0.1) is 0 Å². The molecule has 4 nitrogen and oxygen atoms in total. The lowest BCUT2D eigenvalue weighted by Gasteiger charge is -2.13. The fourth-order valence-corrected chi connectivity index (χ4v) is 2.98. The number of carbonyl (C=O) groups is 1. The normalized spacial score (nSPS) is 10.4. The van der Waals surface area contributed by atoms with E-state index in [1.54, 1.807) is 0 Å². The summed E-state index contributed by atoms with van der Waals surface area (Å²) in [5, 5.41) is 5.83. The number of rotatable bonds is 5. The second-order valence-corrected chi connectivity index (χ2v) is 7.62. The highest BCUT2D eigenvalue weighted by Gasteiger charge is 2.08. The predicted octanol–water partition coefficient (Wildman–Crippen LogP) is 4.62. The molecule has 0 heterocycles. The molecule has 6 heteroatoms. The van der Waals surface area contributed by atoms with Gasteiger partial charge >= 0.3 is 0 Å². The summed E-state index contributed by atoms with van der Waals surface area (Å²) in [4.78, 5) is 12.0. The zero-order valence-electron chi connectivity index (χ0n) is 14.4. The van der Waals surface area contributed by atoms with E-state index in [4.69, 9.17) is 17.0 Å². The van der Waals surface area contributed by atoms with E-state index < -0.39 is 0 Å². The summed E-state index contributed by atoms with van der Waals surface area (Å²) in [5.74, 6) is 0.837. The summed E-state index contributed by atoms with van der Waals surface area (Å²) in [6.07, 6.45) is 0. The van der Waals surface area contributed by atoms with Crippen molar-refractivity contribution in [3.63, 3.8) is 0 Å². The van der Waals surface area contributed by atoms with Gasteiger partial charge in [0.1, 0.15) is 5.75 Å². The molecule has 0 aliphatic heterocycles. The third-order valence-electron chi connectivity index (χ3n) is 3.59. The van der Waals surface area contributed by atoms with Crippen LogP contribution in [-0.2, 0) is 4.79 Å². The number of aryl methyl sites for hydroxylation is 1. The Morgan fingerprint density at radius 3 is 2.48 bits per heavy atom. The second kappa shape index (κ2) is 9.15. The van der Waals surface area contributed by atoms with Crippen LogP contribution in [0.3, 0.4) is 0 Å². The lowest BCUT2D eigenvalue weighted by atomic mass is 9.98. The molecular formula is C19H21IN2O2S. The Hall–Kier alpha value is -1.67. The largest absolute Gasteiger partial charge is 0.484 e. The average Bonchev–Trinajstić information content (AvgIpc) is 2.54. The van der Waals surface area contributed by atoms with Gasteiger partial charge in [-0.3, -0.25) is 10.1 Å². The highest BCUT2D eigenvalue weighted by atomic mass is 127. The molecule has 2 aromatic rings. The van der Waals surface area contributed by atoms with Gasteiger partial charge in [-0.25, -0.2) is 0 Å². The monoisotopic (exact) mass is 468 g/mol. The number of amides is 1. The third kappa shape index (κ3) is 6.28. The van der Waals surface area contributed by atoms with Crippen LogP contribution in [-0.4, -0.2) is 17.6 Å². The lowest BCUT2D eigenvalue weighted by Crippen LogP contribution is -2.37. The molecule has 0 aliphatic carbocycles. The molecule has 0 saturated carbocycles.